The first-order chi connectivity index (χ1) is 10.2. The predicted octanol–water partition coefficient (Wildman–Crippen LogP) is 4.10. The van der Waals surface area contributed by atoms with Crippen molar-refractivity contribution in [1.82, 2.24) is 10.3 Å². The molecule has 0 unspecified atom stereocenters. The topological polar surface area (TPSA) is 55.1 Å². The molecule has 0 radical (unpaired) electrons. The van der Waals surface area contributed by atoms with Crippen molar-refractivity contribution in [3.05, 3.63) is 63.8 Å². The zero-order chi connectivity index (χ0) is 14.7. The molecule has 1 aromatic carbocycles. The molecule has 106 valence electrons. The summed E-state index contributed by atoms with van der Waals surface area (Å²) >= 11 is 4.92. The number of halogens is 1. The molecule has 0 fully saturated rings. The maximum atomic E-state index is 12.1. The molecular formula is C15H11BrN2O2S. The summed E-state index contributed by atoms with van der Waals surface area (Å²) in [6, 6.07) is 11.2. The van der Waals surface area contributed by atoms with E-state index in [2.05, 4.69) is 26.2 Å². The second-order valence-corrected chi connectivity index (χ2v) is 6.09. The van der Waals surface area contributed by atoms with Gasteiger partial charge >= 0.3 is 0 Å². The van der Waals surface area contributed by atoms with Crippen LogP contribution in [-0.4, -0.2) is 10.9 Å². The van der Waals surface area contributed by atoms with Gasteiger partial charge in [0, 0.05) is 4.47 Å². The molecular weight excluding hydrogens is 352 g/mol. The van der Waals surface area contributed by atoms with Crippen molar-refractivity contribution >= 4 is 33.2 Å². The van der Waals surface area contributed by atoms with Gasteiger partial charge in [-0.05, 0) is 39.5 Å². The van der Waals surface area contributed by atoms with Crippen molar-refractivity contribution in [3.63, 3.8) is 0 Å². The second kappa shape index (κ2) is 6.24. The minimum absolute atomic E-state index is 0.150. The lowest BCUT2D eigenvalue weighted by molar-refractivity contribution is 0.0949. The third kappa shape index (κ3) is 3.22. The fraction of sp³-hybridized carbons (Fsp3) is 0.0667. The van der Waals surface area contributed by atoms with E-state index >= 15 is 0 Å². The Labute approximate surface area is 134 Å². The molecule has 3 aromatic rings. The van der Waals surface area contributed by atoms with Gasteiger partial charge in [-0.2, -0.15) is 0 Å². The highest BCUT2D eigenvalue weighted by atomic mass is 79.9. The molecule has 0 saturated heterocycles. The second-order valence-electron chi connectivity index (χ2n) is 4.28. The predicted molar refractivity (Wildman–Crippen MR) is 85.1 cm³/mol. The monoisotopic (exact) mass is 362 g/mol. The number of amides is 1. The van der Waals surface area contributed by atoms with Crippen LogP contribution in [0.5, 0.6) is 0 Å². The van der Waals surface area contributed by atoms with E-state index in [-0.39, 0.29) is 5.91 Å². The number of benzene rings is 1. The summed E-state index contributed by atoms with van der Waals surface area (Å²) in [4.78, 5) is 17.4. The number of rotatable bonds is 4. The number of carbonyl (C=O) groups is 1. The van der Waals surface area contributed by atoms with Gasteiger partial charge in [0.15, 0.2) is 0 Å². The Hall–Kier alpha value is -1.92. The van der Waals surface area contributed by atoms with Gasteiger partial charge in [0.1, 0.15) is 6.26 Å². The smallest absolute Gasteiger partial charge is 0.252 e. The van der Waals surface area contributed by atoms with Gasteiger partial charge in [0.05, 0.1) is 22.7 Å². The number of hydrogen-bond acceptors (Lipinski definition) is 4. The fourth-order valence-corrected chi connectivity index (χ4v) is 2.93. The number of hydrogen-bond donors (Lipinski definition) is 1. The van der Waals surface area contributed by atoms with Crippen LogP contribution in [0.3, 0.4) is 0 Å². The lowest BCUT2D eigenvalue weighted by Crippen LogP contribution is -2.23. The quantitative estimate of drug-likeness (QED) is 0.760. The number of nitrogens with one attached hydrogen (secondary N) is 1. The normalized spacial score (nSPS) is 10.5. The molecule has 2 heterocycles. The third-order valence-corrected chi connectivity index (χ3v) is 4.38. The Morgan fingerprint density at radius 3 is 2.90 bits per heavy atom. The Morgan fingerprint density at radius 1 is 1.29 bits per heavy atom. The van der Waals surface area contributed by atoms with Crippen LogP contribution in [0.1, 0.15) is 16.1 Å². The van der Waals surface area contributed by atoms with Crippen LogP contribution in [0.4, 0.5) is 0 Å². The van der Waals surface area contributed by atoms with Crippen LogP contribution in [0, 0.1) is 0 Å². The van der Waals surface area contributed by atoms with Crippen LogP contribution >= 0.6 is 27.3 Å². The zero-order valence-electron chi connectivity index (χ0n) is 10.9. The zero-order valence-corrected chi connectivity index (χ0v) is 13.3. The fourth-order valence-electron chi connectivity index (χ4n) is 1.81. The standard InChI is InChI=1S/C15H11BrN2O2S/c16-12-5-2-1-4-11(12)14(19)17-8-10-9-20-15(18-10)13-6-3-7-21-13/h1-7,9H,8H2,(H,17,19). The maximum Gasteiger partial charge on any atom is 0.252 e. The van der Waals surface area contributed by atoms with Crippen LogP contribution < -0.4 is 5.32 Å². The Morgan fingerprint density at radius 2 is 2.14 bits per heavy atom. The van der Waals surface area contributed by atoms with E-state index in [1.54, 1.807) is 23.7 Å². The first-order valence-corrected chi connectivity index (χ1v) is 7.92. The van der Waals surface area contributed by atoms with Gasteiger partial charge in [-0.3, -0.25) is 4.79 Å². The number of aromatic nitrogens is 1. The van der Waals surface area contributed by atoms with Crippen LogP contribution in [0.2, 0.25) is 0 Å². The van der Waals surface area contributed by atoms with Gasteiger partial charge in [-0.15, -0.1) is 11.3 Å². The molecule has 6 heteroatoms. The molecule has 0 saturated carbocycles. The first-order valence-electron chi connectivity index (χ1n) is 6.25. The average Bonchev–Trinajstić information content (AvgIpc) is 3.16. The average molecular weight is 363 g/mol. The summed E-state index contributed by atoms with van der Waals surface area (Å²) in [5.41, 5.74) is 1.29. The molecule has 0 aliphatic heterocycles. The Bertz CT molecular complexity index is 753. The SMILES string of the molecule is O=C(NCc1coc(-c2cccs2)n1)c1ccccc1Br. The Kier molecular flexibility index (Phi) is 4.17. The minimum Gasteiger partial charge on any atom is -0.443 e. The van der Waals surface area contributed by atoms with Gasteiger partial charge in [0.2, 0.25) is 5.89 Å². The van der Waals surface area contributed by atoms with E-state index in [1.165, 1.54) is 0 Å². The molecule has 0 aliphatic rings. The maximum absolute atomic E-state index is 12.1. The molecule has 21 heavy (non-hydrogen) atoms. The molecule has 4 nitrogen and oxygen atoms in total. The highest BCUT2D eigenvalue weighted by Gasteiger charge is 2.11. The Balaban J connectivity index is 1.66. The van der Waals surface area contributed by atoms with E-state index in [1.807, 2.05) is 35.7 Å². The van der Waals surface area contributed by atoms with E-state index < -0.39 is 0 Å². The first kappa shape index (κ1) is 14.0. The highest BCUT2D eigenvalue weighted by molar-refractivity contribution is 9.10. The molecule has 3 rings (SSSR count). The summed E-state index contributed by atoms with van der Waals surface area (Å²) in [6.07, 6.45) is 1.56. The largest absolute Gasteiger partial charge is 0.443 e. The molecule has 1 amide bonds. The van der Waals surface area contributed by atoms with Crippen molar-refractivity contribution in [1.29, 1.82) is 0 Å². The van der Waals surface area contributed by atoms with Crippen molar-refractivity contribution in [2.45, 2.75) is 6.54 Å². The van der Waals surface area contributed by atoms with Crippen molar-refractivity contribution < 1.29 is 9.21 Å². The summed E-state index contributed by atoms with van der Waals surface area (Å²) in [7, 11) is 0. The highest BCUT2D eigenvalue weighted by Crippen LogP contribution is 2.23. The summed E-state index contributed by atoms with van der Waals surface area (Å²) in [5.74, 6) is 0.429. The molecule has 0 bridgehead atoms. The number of carbonyl (C=O) groups excluding carboxylic acids is 1. The molecule has 0 aliphatic carbocycles. The summed E-state index contributed by atoms with van der Waals surface area (Å²) in [6.45, 7) is 0.328. The summed E-state index contributed by atoms with van der Waals surface area (Å²) < 4.78 is 6.18. The van der Waals surface area contributed by atoms with Crippen molar-refractivity contribution in [2.75, 3.05) is 0 Å². The molecule has 0 spiro atoms. The van der Waals surface area contributed by atoms with E-state index in [0.29, 0.717) is 23.7 Å². The lowest BCUT2D eigenvalue weighted by Gasteiger charge is -2.04. The lowest BCUT2D eigenvalue weighted by atomic mass is 10.2. The van der Waals surface area contributed by atoms with Crippen LogP contribution in [0.15, 0.2) is 56.9 Å². The number of thiophene rings is 1. The van der Waals surface area contributed by atoms with Gasteiger partial charge in [0.25, 0.3) is 5.91 Å². The number of oxazole rings is 1. The molecule has 0 atom stereocenters. The van der Waals surface area contributed by atoms with E-state index in [9.17, 15) is 4.79 Å². The third-order valence-electron chi connectivity index (χ3n) is 2.83. The van der Waals surface area contributed by atoms with Gasteiger partial charge < -0.3 is 9.73 Å². The molecule has 1 N–H and O–H groups in total. The van der Waals surface area contributed by atoms with E-state index in [0.717, 1.165) is 9.35 Å². The van der Waals surface area contributed by atoms with Gasteiger partial charge in [-0.25, -0.2) is 4.98 Å². The molecule has 2 aromatic heterocycles. The van der Waals surface area contributed by atoms with Crippen molar-refractivity contribution in [2.24, 2.45) is 0 Å². The van der Waals surface area contributed by atoms with Crippen LogP contribution in [-0.2, 0) is 6.54 Å². The van der Waals surface area contributed by atoms with E-state index in [4.69, 9.17) is 4.42 Å². The summed E-state index contributed by atoms with van der Waals surface area (Å²) in [5, 5.41) is 4.79. The minimum atomic E-state index is -0.150. The van der Waals surface area contributed by atoms with Gasteiger partial charge in [-0.1, -0.05) is 18.2 Å². The van der Waals surface area contributed by atoms with Crippen molar-refractivity contribution in [3.8, 4) is 10.8 Å². The number of nitrogens with zero attached hydrogens (tertiary/aromatic N) is 1. The van der Waals surface area contributed by atoms with Crippen LogP contribution in [0.25, 0.3) is 10.8 Å².